The van der Waals surface area contributed by atoms with Gasteiger partial charge in [0.15, 0.2) is 0 Å². The van der Waals surface area contributed by atoms with Gasteiger partial charge in [-0.25, -0.2) is 0 Å². The normalized spacial score (nSPS) is 24.6. The Hall–Kier alpha value is -0.710. The molecule has 0 aromatic heterocycles. The standard InChI is InChI=1S/C14H26N2O2S/c1-9(2)11-12(17)15-14(4,5)13(18)16(11)7-10(3)8-19-6/h9-11H,7-8H2,1-6H3,(H,15,17). The molecule has 4 nitrogen and oxygen atoms in total. The quantitative estimate of drug-likeness (QED) is 0.837. The molecule has 2 amide bonds. The maximum atomic E-state index is 12.6. The molecule has 1 aliphatic rings. The molecule has 1 heterocycles. The molecule has 1 N–H and O–H groups in total. The number of carbonyl (C=O) groups excluding carboxylic acids is 2. The lowest BCUT2D eigenvalue weighted by Crippen LogP contribution is -2.69. The summed E-state index contributed by atoms with van der Waals surface area (Å²) in [6.45, 7) is 10.3. The average Bonchev–Trinajstić information content (AvgIpc) is 2.24. The van der Waals surface area contributed by atoms with E-state index >= 15 is 0 Å². The second kappa shape index (κ2) is 6.16. The number of hydrogen-bond acceptors (Lipinski definition) is 3. The van der Waals surface area contributed by atoms with E-state index in [0.717, 1.165) is 5.75 Å². The van der Waals surface area contributed by atoms with Crippen LogP contribution >= 0.6 is 11.8 Å². The van der Waals surface area contributed by atoms with Gasteiger partial charge in [0.05, 0.1) is 0 Å². The maximum Gasteiger partial charge on any atom is 0.248 e. The largest absolute Gasteiger partial charge is 0.340 e. The Morgan fingerprint density at radius 1 is 1.32 bits per heavy atom. The molecule has 2 atom stereocenters. The van der Waals surface area contributed by atoms with Gasteiger partial charge in [0, 0.05) is 6.54 Å². The van der Waals surface area contributed by atoms with Gasteiger partial charge in [-0.2, -0.15) is 11.8 Å². The van der Waals surface area contributed by atoms with E-state index in [9.17, 15) is 9.59 Å². The van der Waals surface area contributed by atoms with Gasteiger partial charge < -0.3 is 10.2 Å². The molecule has 0 aliphatic carbocycles. The van der Waals surface area contributed by atoms with Crippen molar-refractivity contribution in [2.75, 3.05) is 18.6 Å². The van der Waals surface area contributed by atoms with Crippen molar-refractivity contribution in [3.05, 3.63) is 0 Å². The van der Waals surface area contributed by atoms with Crippen LogP contribution in [-0.4, -0.2) is 46.8 Å². The van der Waals surface area contributed by atoms with E-state index in [1.807, 2.05) is 13.8 Å². The topological polar surface area (TPSA) is 49.4 Å². The molecule has 1 rings (SSSR count). The fourth-order valence-corrected chi connectivity index (χ4v) is 3.27. The second-order valence-corrected chi connectivity index (χ2v) is 7.23. The minimum Gasteiger partial charge on any atom is -0.340 e. The summed E-state index contributed by atoms with van der Waals surface area (Å²) in [6, 6.07) is -0.343. The molecule has 110 valence electrons. The van der Waals surface area contributed by atoms with E-state index in [4.69, 9.17) is 0 Å². The Morgan fingerprint density at radius 3 is 2.37 bits per heavy atom. The lowest BCUT2D eigenvalue weighted by molar-refractivity contribution is -0.155. The first kappa shape index (κ1) is 16.3. The molecular formula is C14H26N2O2S. The Bertz CT molecular complexity index is 355. The van der Waals surface area contributed by atoms with Crippen LogP contribution in [0.25, 0.3) is 0 Å². The molecule has 0 saturated carbocycles. The number of piperazine rings is 1. The molecule has 0 aromatic carbocycles. The van der Waals surface area contributed by atoms with Crippen LogP contribution in [0, 0.1) is 11.8 Å². The van der Waals surface area contributed by atoms with E-state index in [-0.39, 0.29) is 23.8 Å². The third kappa shape index (κ3) is 3.65. The van der Waals surface area contributed by atoms with Crippen LogP contribution in [0.1, 0.15) is 34.6 Å². The molecule has 2 unspecified atom stereocenters. The summed E-state index contributed by atoms with van der Waals surface area (Å²) in [5.41, 5.74) is -0.790. The van der Waals surface area contributed by atoms with Gasteiger partial charge in [-0.15, -0.1) is 0 Å². The molecule has 19 heavy (non-hydrogen) atoms. The van der Waals surface area contributed by atoms with Gasteiger partial charge in [-0.1, -0.05) is 20.8 Å². The molecule has 0 bridgehead atoms. The van der Waals surface area contributed by atoms with Crippen molar-refractivity contribution in [1.82, 2.24) is 10.2 Å². The van der Waals surface area contributed by atoms with Gasteiger partial charge in [0.25, 0.3) is 0 Å². The van der Waals surface area contributed by atoms with Crippen molar-refractivity contribution in [2.24, 2.45) is 11.8 Å². The number of rotatable bonds is 5. The zero-order valence-electron chi connectivity index (χ0n) is 12.8. The summed E-state index contributed by atoms with van der Waals surface area (Å²) < 4.78 is 0. The van der Waals surface area contributed by atoms with E-state index in [2.05, 4.69) is 18.5 Å². The first-order valence-corrected chi connectivity index (χ1v) is 8.22. The summed E-state index contributed by atoms with van der Waals surface area (Å²) in [6.07, 6.45) is 2.06. The zero-order chi connectivity index (χ0) is 14.8. The van der Waals surface area contributed by atoms with Crippen molar-refractivity contribution in [2.45, 2.75) is 46.2 Å². The summed E-state index contributed by atoms with van der Waals surface area (Å²) in [7, 11) is 0. The number of thioether (sulfide) groups is 1. The molecule has 1 saturated heterocycles. The van der Waals surface area contributed by atoms with Gasteiger partial charge in [-0.3, -0.25) is 9.59 Å². The van der Waals surface area contributed by atoms with E-state index in [0.29, 0.717) is 12.5 Å². The fraction of sp³-hybridized carbons (Fsp3) is 0.857. The smallest absolute Gasteiger partial charge is 0.248 e. The Kier molecular flexibility index (Phi) is 5.30. The summed E-state index contributed by atoms with van der Waals surface area (Å²) in [4.78, 5) is 26.6. The first-order valence-electron chi connectivity index (χ1n) is 6.82. The van der Waals surface area contributed by atoms with E-state index in [1.54, 1.807) is 30.5 Å². The molecule has 1 aliphatic heterocycles. The van der Waals surface area contributed by atoms with Crippen LogP contribution in [0.2, 0.25) is 0 Å². The highest BCUT2D eigenvalue weighted by Gasteiger charge is 2.46. The van der Waals surface area contributed by atoms with Crippen LogP contribution in [0.15, 0.2) is 0 Å². The minimum absolute atomic E-state index is 0.0266. The zero-order valence-corrected chi connectivity index (χ0v) is 13.6. The molecular weight excluding hydrogens is 260 g/mol. The molecule has 0 radical (unpaired) electrons. The average molecular weight is 286 g/mol. The van der Waals surface area contributed by atoms with E-state index < -0.39 is 5.54 Å². The lowest BCUT2D eigenvalue weighted by Gasteiger charge is -2.45. The van der Waals surface area contributed by atoms with Crippen LogP contribution in [0.5, 0.6) is 0 Å². The van der Waals surface area contributed by atoms with Crippen LogP contribution in [0.3, 0.4) is 0 Å². The number of nitrogens with zero attached hydrogens (tertiary/aromatic N) is 1. The predicted molar refractivity (Wildman–Crippen MR) is 80.1 cm³/mol. The SMILES string of the molecule is CSCC(C)CN1C(=O)C(C)(C)NC(=O)C1C(C)C. The van der Waals surface area contributed by atoms with Gasteiger partial charge in [0.2, 0.25) is 11.8 Å². The summed E-state index contributed by atoms with van der Waals surface area (Å²) >= 11 is 1.77. The monoisotopic (exact) mass is 286 g/mol. The number of amides is 2. The van der Waals surface area contributed by atoms with Crippen molar-refractivity contribution in [1.29, 1.82) is 0 Å². The highest BCUT2D eigenvalue weighted by molar-refractivity contribution is 7.98. The van der Waals surface area contributed by atoms with Gasteiger partial charge in [-0.05, 0) is 37.7 Å². The summed E-state index contributed by atoms with van der Waals surface area (Å²) in [5.74, 6) is 1.51. The van der Waals surface area contributed by atoms with Crippen molar-refractivity contribution in [3.63, 3.8) is 0 Å². The minimum atomic E-state index is -0.790. The lowest BCUT2D eigenvalue weighted by atomic mass is 9.91. The van der Waals surface area contributed by atoms with Crippen LogP contribution in [-0.2, 0) is 9.59 Å². The van der Waals surface area contributed by atoms with Crippen molar-refractivity contribution < 1.29 is 9.59 Å². The second-order valence-electron chi connectivity index (χ2n) is 6.32. The molecule has 1 fully saturated rings. The Balaban J connectivity index is 2.96. The van der Waals surface area contributed by atoms with E-state index in [1.165, 1.54) is 0 Å². The summed E-state index contributed by atoms with van der Waals surface area (Å²) in [5, 5.41) is 2.84. The Labute approximate surface area is 120 Å². The molecule has 5 heteroatoms. The highest BCUT2D eigenvalue weighted by atomic mass is 32.2. The Morgan fingerprint density at radius 2 is 1.89 bits per heavy atom. The molecule has 0 aromatic rings. The number of carbonyl (C=O) groups is 2. The van der Waals surface area contributed by atoms with Crippen LogP contribution < -0.4 is 5.32 Å². The fourth-order valence-electron chi connectivity index (χ4n) is 2.59. The maximum absolute atomic E-state index is 12.6. The molecule has 0 spiro atoms. The number of hydrogen-bond donors (Lipinski definition) is 1. The first-order chi connectivity index (χ1) is 8.70. The third-order valence-electron chi connectivity index (χ3n) is 3.43. The van der Waals surface area contributed by atoms with Crippen molar-refractivity contribution in [3.8, 4) is 0 Å². The van der Waals surface area contributed by atoms with Gasteiger partial charge in [0.1, 0.15) is 11.6 Å². The van der Waals surface area contributed by atoms with Gasteiger partial charge >= 0.3 is 0 Å². The highest BCUT2D eigenvalue weighted by Crippen LogP contribution is 2.24. The van der Waals surface area contributed by atoms with Crippen LogP contribution in [0.4, 0.5) is 0 Å². The van der Waals surface area contributed by atoms with Crippen molar-refractivity contribution >= 4 is 23.6 Å². The number of nitrogens with one attached hydrogen (secondary N) is 1. The third-order valence-corrected chi connectivity index (χ3v) is 4.33. The predicted octanol–water partition coefficient (Wildman–Crippen LogP) is 1.75.